The summed E-state index contributed by atoms with van der Waals surface area (Å²) < 4.78 is 37.1. The third-order valence-electron chi connectivity index (χ3n) is 3.43. The van der Waals surface area contributed by atoms with Crippen LogP contribution in [0.5, 0.6) is 11.5 Å². The van der Waals surface area contributed by atoms with E-state index in [2.05, 4.69) is 0 Å². The minimum atomic E-state index is -3.48. The zero-order valence-corrected chi connectivity index (χ0v) is 12.3. The second-order valence-corrected chi connectivity index (χ2v) is 6.44. The van der Waals surface area contributed by atoms with Crippen LogP contribution >= 0.6 is 0 Å². The molecule has 0 unspecified atom stereocenters. The van der Waals surface area contributed by atoms with Crippen molar-refractivity contribution >= 4 is 10.0 Å². The van der Waals surface area contributed by atoms with Gasteiger partial charge in [0.2, 0.25) is 10.0 Å². The van der Waals surface area contributed by atoms with E-state index in [1.807, 2.05) is 0 Å². The van der Waals surface area contributed by atoms with Crippen LogP contribution in [0.2, 0.25) is 0 Å². The van der Waals surface area contributed by atoms with Crippen molar-refractivity contribution in [2.45, 2.75) is 24.7 Å². The summed E-state index contributed by atoms with van der Waals surface area (Å²) in [6, 6.07) is 3.22. The standard InChI is InChI=1S/C13H19NO4S/c1-10-11(17-2)6-7-12(13(10)18-3)19(15,16)14-8-4-5-9-14/h6-7H,4-5,8-9H2,1-3H3. The predicted octanol–water partition coefficient (Wildman–Crippen LogP) is 1.80. The van der Waals surface area contributed by atoms with Crippen LogP contribution in [0.4, 0.5) is 0 Å². The number of methoxy groups -OCH3 is 2. The van der Waals surface area contributed by atoms with Crippen LogP contribution in [-0.4, -0.2) is 40.0 Å². The molecule has 1 aromatic carbocycles. The lowest BCUT2D eigenvalue weighted by Gasteiger charge is -2.19. The summed E-state index contributed by atoms with van der Waals surface area (Å²) in [7, 11) is -0.447. The number of ether oxygens (including phenoxy) is 2. The summed E-state index contributed by atoms with van der Waals surface area (Å²) in [5, 5.41) is 0. The monoisotopic (exact) mass is 285 g/mol. The molecule has 6 heteroatoms. The first-order valence-electron chi connectivity index (χ1n) is 6.24. The van der Waals surface area contributed by atoms with Crippen LogP contribution in [-0.2, 0) is 10.0 Å². The van der Waals surface area contributed by atoms with Gasteiger partial charge in [-0.25, -0.2) is 8.42 Å². The van der Waals surface area contributed by atoms with Crippen LogP contribution in [0.15, 0.2) is 17.0 Å². The lowest BCUT2D eigenvalue weighted by atomic mass is 10.2. The van der Waals surface area contributed by atoms with Crippen LogP contribution < -0.4 is 9.47 Å². The summed E-state index contributed by atoms with van der Waals surface area (Å²) in [5.41, 5.74) is 0.699. The van der Waals surface area contributed by atoms with Crippen LogP contribution in [0.25, 0.3) is 0 Å². The molecule has 0 amide bonds. The Balaban J connectivity index is 2.53. The van der Waals surface area contributed by atoms with E-state index in [-0.39, 0.29) is 4.90 Å². The summed E-state index contributed by atoms with van der Waals surface area (Å²) in [6.45, 7) is 2.95. The average Bonchev–Trinajstić information content (AvgIpc) is 2.92. The maximum atomic E-state index is 12.6. The van der Waals surface area contributed by atoms with Crippen LogP contribution in [0.3, 0.4) is 0 Å². The van der Waals surface area contributed by atoms with Crippen molar-refractivity contribution in [2.24, 2.45) is 0 Å². The van der Waals surface area contributed by atoms with Gasteiger partial charge in [-0.3, -0.25) is 0 Å². The number of nitrogens with zero attached hydrogens (tertiary/aromatic N) is 1. The number of sulfonamides is 1. The molecular weight excluding hydrogens is 266 g/mol. The maximum absolute atomic E-state index is 12.6. The average molecular weight is 285 g/mol. The van der Waals surface area contributed by atoms with E-state index >= 15 is 0 Å². The summed E-state index contributed by atoms with van der Waals surface area (Å²) >= 11 is 0. The largest absolute Gasteiger partial charge is 0.496 e. The van der Waals surface area contributed by atoms with Crippen molar-refractivity contribution in [3.63, 3.8) is 0 Å². The fourth-order valence-electron chi connectivity index (χ4n) is 2.39. The highest BCUT2D eigenvalue weighted by Gasteiger charge is 2.31. The molecule has 0 aliphatic carbocycles. The van der Waals surface area contributed by atoms with E-state index < -0.39 is 10.0 Å². The van der Waals surface area contributed by atoms with Crippen molar-refractivity contribution in [3.8, 4) is 11.5 Å². The van der Waals surface area contributed by atoms with Crippen molar-refractivity contribution < 1.29 is 17.9 Å². The van der Waals surface area contributed by atoms with Gasteiger partial charge < -0.3 is 9.47 Å². The molecule has 19 heavy (non-hydrogen) atoms. The smallest absolute Gasteiger partial charge is 0.246 e. The predicted molar refractivity (Wildman–Crippen MR) is 72.3 cm³/mol. The van der Waals surface area contributed by atoms with Gasteiger partial charge in [-0.1, -0.05) is 0 Å². The zero-order valence-electron chi connectivity index (χ0n) is 11.5. The minimum absolute atomic E-state index is 0.218. The van der Waals surface area contributed by atoms with Crippen molar-refractivity contribution in [2.75, 3.05) is 27.3 Å². The molecule has 0 N–H and O–H groups in total. The number of benzene rings is 1. The summed E-state index contributed by atoms with van der Waals surface area (Å²) in [6.07, 6.45) is 1.83. The molecule has 2 rings (SSSR count). The fourth-order valence-corrected chi connectivity index (χ4v) is 4.12. The Bertz CT molecular complexity index is 562. The van der Waals surface area contributed by atoms with E-state index in [0.29, 0.717) is 30.2 Å². The SMILES string of the molecule is COc1ccc(S(=O)(=O)N2CCCC2)c(OC)c1C. The van der Waals surface area contributed by atoms with Gasteiger partial charge in [0.05, 0.1) is 14.2 Å². The second-order valence-electron chi connectivity index (χ2n) is 4.54. The molecule has 0 spiro atoms. The molecule has 1 heterocycles. The lowest BCUT2D eigenvalue weighted by Crippen LogP contribution is -2.28. The molecule has 0 aromatic heterocycles. The molecule has 0 radical (unpaired) electrons. The molecule has 1 fully saturated rings. The highest BCUT2D eigenvalue weighted by atomic mass is 32.2. The van der Waals surface area contributed by atoms with Crippen LogP contribution in [0, 0.1) is 6.92 Å². The Morgan fingerprint density at radius 3 is 2.26 bits per heavy atom. The van der Waals surface area contributed by atoms with Crippen molar-refractivity contribution in [1.82, 2.24) is 4.31 Å². The minimum Gasteiger partial charge on any atom is -0.496 e. The lowest BCUT2D eigenvalue weighted by molar-refractivity contribution is 0.378. The Morgan fingerprint density at radius 1 is 1.11 bits per heavy atom. The normalized spacial score (nSPS) is 16.6. The Hall–Kier alpha value is -1.27. The molecule has 0 bridgehead atoms. The fraction of sp³-hybridized carbons (Fsp3) is 0.538. The summed E-state index contributed by atoms with van der Waals surface area (Å²) in [5.74, 6) is 0.989. The Labute approximate surface area is 114 Å². The molecule has 1 aromatic rings. The van der Waals surface area contributed by atoms with E-state index in [1.165, 1.54) is 11.4 Å². The van der Waals surface area contributed by atoms with Gasteiger partial charge in [0.1, 0.15) is 16.4 Å². The van der Waals surface area contributed by atoms with Gasteiger partial charge >= 0.3 is 0 Å². The first-order chi connectivity index (χ1) is 9.02. The van der Waals surface area contributed by atoms with E-state index in [0.717, 1.165) is 12.8 Å². The van der Waals surface area contributed by atoms with Crippen LogP contribution in [0.1, 0.15) is 18.4 Å². The van der Waals surface area contributed by atoms with Gasteiger partial charge in [-0.05, 0) is 31.9 Å². The Morgan fingerprint density at radius 2 is 1.74 bits per heavy atom. The number of rotatable bonds is 4. The highest BCUT2D eigenvalue weighted by Crippen LogP contribution is 2.36. The molecule has 5 nitrogen and oxygen atoms in total. The van der Waals surface area contributed by atoms with Crippen molar-refractivity contribution in [3.05, 3.63) is 17.7 Å². The molecule has 1 aliphatic rings. The molecule has 0 atom stereocenters. The van der Waals surface area contributed by atoms with Gasteiger partial charge in [0.15, 0.2) is 0 Å². The molecule has 106 valence electrons. The topological polar surface area (TPSA) is 55.8 Å². The quantitative estimate of drug-likeness (QED) is 0.846. The second kappa shape index (κ2) is 5.38. The molecule has 1 saturated heterocycles. The van der Waals surface area contributed by atoms with Gasteiger partial charge in [0.25, 0.3) is 0 Å². The van der Waals surface area contributed by atoms with E-state index in [4.69, 9.17) is 9.47 Å². The third kappa shape index (κ3) is 2.42. The van der Waals surface area contributed by atoms with E-state index in [1.54, 1.807) is 26.2 Å². The number of hydrogen-bond donors (Lipinski definition) is 0. The molecular formula is C13H19NO4S. The van der Waals surface area contributed by atoms with Gasteiger partial charge in [-0.15, -0.1) is 0 Å². The van der Waals surface area contributed by atoms with Gasteiger partial charge in [-0.2, -0.15) is 4.31 Å². The first kappa shape index (κ1) is 14.1. The first-order valence-corrected chi connectivity index (χ1v) is 7.68. The summed E-state index contributed by atoms with van der Waals surface area (Å²) in [4.78, 5) is 0.218. The third-order valence-corrected chi connectivity index (χ3v) is 5.35. The van der Waals surface area contributed by atoms with Gasteiger partial charge in [0, 0.05) is 18.7 Å². The van der Waals surface area contributed by atoms with Crippen molar-refractivity contribution in [1.29, 1.82) is 0 Å². The zero-order chi connectivity index (χ0) is 14.0. The maximum Gasteiger partial charge on any atom is 0.246 e. The number of hydrogen-bond acceptors (Lipinski definition) is 4. The Kier molecular flexibility index (Phi) is 4.01. The highest BCUT2D eigenvalue weighted by molar-refractivity contribution is 7.89. The van der Waals surface area contributed by atoms with E-state index in [9.17, 15) is 8.42 Å². The molecule has 1 aliphatic heterocycles. The molecule has 0 saturated carbocycles.